The zero-order valence-corrected chi connectivity index (χ0v) is 14.2. The summed E-state index contributed by atoms with van der Waals surface area (Å²) in [5.41, 5.74) is 2.08. The van der Waals surface area contributed by atoms with E-state index in [1.54, 1.807) is 11.0 Å². The van der Waals surface area contributed by atoms with Crippen LogP contribution < -0.4 is 0 Å². The van der Waals surface area contributed by atoms with Crippen LogP contribution in [0.25, 0.3) is 10.9 Å². The highest BCUT2D eigenvalue weighted by Gasteiger charge is 2.31. The lowest BCUT2D eigenvalue weighted by Gasteiger charge is -2.16. The number of carbonyl (C=O) groups is 2. The summed E-state index contributed by atoms with van der Waals surface area (Å²) in [4.78, 5) is 29.7. The second-order valence-electron chi connectivity index (χ2n) is 5.40. The summed E-state index contributed by atoms with van der Waals surface area (Å²) in [6.45, 7) is 2.64. The zero-order chi connectivity index (χ0) is 15.0. The van der Waals surface area contributed by atoms with Crippen molar-refractivity contribution in [2.75, 3.05) is 13.1 Å². The minimum atomic E-state index is -0.836. The summed E-state index contributed by atoms with van der Waals surface area (Å²) in [6.07, 6.45) is 0.512. The van der Waals surface area contributed by atoms with Crippen LogP contribution in [0.1, 0.15) is 22.5 Å². The topological polar surface area (TPSA) is 70.5 Å². The van der Waals surface area contributed by atoms with Crippen molar-refractivity contribution < 1.29 is 14.7 Å². The number of pyridine rings is 1. The smallest absolute Gasteiger partial charge is 0.308 e. The van der Waals surface area contributed by atoms with E-state index in [-0.39, 0.29) is 37.3 Å². The third kappa shape index (κ3) is 3.74. The maximum Gasteiger partial charge on any atom is 0.308 e. The Hall–Kier alpha value is -1.85. The van der Waals surface area contributed by atoms with Gasteiger partial charge in [-0.05, 0) is 25.5 Å². The minimum absolute atomic E-state index is 0. The van der Waals surface area contributed by atoms with Crippen LogP contribution in [0.3, 0.4) is 0 Å². The fourth-order valence-corrected chi connectivity index (χ4v) is 2.73. The van der Waals surface area contributed by atoms with E-state index in [9.17, 15) is 9.59 Å². The van der Waals surface area contributed by atoms with Gasteiger partial charge < -0.3 is 10.0 Å². The van der Waals surface area contributed by atoms with Crippen LogP contribution in [0.15, 0.2) is 30.3 Å². The molecule has 1 amide bonds. The first-order chi connectivity index (χ1) is 10.1. The van der Waals surface area contributed by atoms with Crippen LogP contribution in [0.2, 0.25) is 0 Å². The number of fused-ring (bicyclic) bond motifs is 1. The summed E-state index contributed by atoms with van der Waals surface area (Å²) in [7, 11) is 0. The number of benzene rings is 1. The van der Waals surface area contributed by atoms with Crippen LogP contribution in [0.5, 0.6) is 0 Å². The van der Waals surface area contributed by atoms with Crippen molar-refractivity contribution >= 4 is 47.6 Å². The first-order valence-corrected chi connectivity index (χ1v) is 6.95. The number of carboxylic acids is 1. The van der Waals surface area contributed by atoms with E-state index in [4.69, 9.17) is 5.11 Å². The quantitative estimate of drug-likeness (QED) is 0.897. The fraction of sp³-hybridized carbons (Fsp3) is 0.312. The summed E-state index contributed by atoms with van der Waals surface area (Å²) < 4.78 is 0. The first-order valence-electron chi connectivity index (χ1n) is 6.95. The van der Waals surface area contributed by atoms with E-state index in [0.29, 0.717) is 24.0 Å². The predicted molar refractivity (Wildman–Crippen MR) is 92.6 cm³/mol. The molecule has 1 aliphatic heterocycles. The molecule has 0 spiro atoms. The van der Waals surface area contributed by atoms with Gasteiger partial charge in [-0.2, -0.15) is 0 Å². The number of aromatic nitrogens is 1. The number of nitrogens with zero attached hydrogens (tertiary/aromatic N) is 2. The van der Waals surface area contributed by atoms with E-state index in [1.807, 2.05) is 31.2 Å². The van der Waals surface area contributed by atoms with Crippen LogP contribution in [-0.4, -0.2) is 40.0 Å². The van der Waals surface area contributed by atoms with Crippen molar-refractivity contribution in [3.63, 3.8) is 0 Å². The Balaban J connectivity index is 0.00000132. The molecule has 2 heterocycles. The average molecular weight is 357 g/mol. The Labute approximate surface area is 146 Å². The van der Waals surface area contributed by atoms with E-state index < -0.39 is 11.9 Å². The van der Waals surface area contributed by atoms with Gasteiger partial charge in [0.05, 0.1) is 17.0 Å². The van der Waals surface area contributed by atoms with Crippen LogP contribution >= 0.6 is 24.8 Å². The molecule has 0 aliphatic carbocycles. The molecule has 1 aliphatic rings. The number of hydrogen-bond donors (Lipinski definition) is 1. The van der Waals surface area contributed by atoms with Gasteiger partial charge in [-0.25, -0.2) is 0 Å². The summed E-state index contributed by atoms with van der Waals surface area (Å²) in [6, 6.07) is 9.36. The van der Waals surface area contributed by atoms with Gasteiger partial charge in [0.15, 0.2) is 0 Å². The highest BCUT2D eigenvalue weighted by Crippen LogP contribution is 2.23. The molecule has 0 saturated carbocycles. The third-order valence-electron chi connectivity index (χ3n) is 3.91. The molecule has 2 aromatic rings. The average Bonchev–Trinajstić information content (AvgIpc) is 2.96. The largest absolute Gasteiger partial charge is 0.481 e. The molecular formula is C16H18Cl2N2O3. The van der Waals surface area contributed by atoms with Crippen molar-refractivity contribution in [2.24, 2.45) is 5.92 Å². The van der Waals surface area contributed by atoms with Crippen molar-refractivity contribution in [1.29, 1.82) is 0 Å². The molecule has 1 atom stereocenters. The van der Waals surface area contributed by atoms with Crippen molar-refractivity contribution in [1.82, 2.24) is 9.88 Å². The van der Waals surface area contributed by atoms with Crippen molar-refractivity contribution in [3.8, 4) is 0 Å². The first kappa shape index (κ1) is 19.2. The van der Waals surface area contributed by atoms with Gasteiger partial charge in [0.25, 0.3) is 5.91 Å². The second-order valence-corrected chi connectivity index (χ2v) is 5.40. The van der Waals surface area contributed by atoms with Gasteiger partial charge >= 0.3 is 5.97 Å². The molecule has 23 heavy (non-hydrogen) atoms. The molecule has 1 fully saturated rings. The van der Waals surface area contributed by atoms with Gasteiger partial charge in [0.1, 0.15) is 0 Å². The second kappa shape index (κ2) is 7.62. The minimum Gasteiger partial charge on any atom is -0.481 e. The zero-order valence-electron chi connectivity index (χ0n) is 12.6. The van der Waals surface area contributed by atoms with E-state index >= 15 is 0 Å². The van der Waals surface area contributed by atoms with Crippen LogP contribution in [0, 0.1) is 12.8 Å². The number of carboxylic acid groups (broad SMARTS) is 1. The summed E-state index contributed by atoms with van der Waals surface area (Å²) in [5.74, 6) is -1.43. The van der Waals surface area contributed by atoms with Gasteiger partial charge in [0.2, 0.25) is 0 Å². The normalized spacial score (nSPS) is 16.6. The predicted octanol–water partition coefficient (Wildman–Crippen LogP) is 2.93. The lowest BCUT2D eigenvalue weighted by Crippen LogP contribution is -2.30. The fourth-order valence-electron chi connectivity index (χ4n) is 2.73. The van der Waals surface area contributed by atoms with Crippen LogP contribution in [0.4, 0.5) is 0 Å². The Morgan fingerprint density at radius 3 is 2.61 bits per heavy atom. The molecule has 1 unspecified atom stereocenters. The van der Waals surface area contributed by atoms with E-state index in [0.717, 1.165) is 11.1 Å². The Morgan fingerprint density at radius 1 is 1.22 bits per heavy atom. The number of para-hydroxylation sites is 1. The van der Waals surface area contributed by atoms with Crippen molar-refractivity contribution in [3.05, 3.63) is 41.6 Å². The lowest BCUT2D eigenvalue weighted by molar-refractivity contribution is -0.141. The number of hydrogen-bond acceptors (Lipinski definition) is 3. The molecule has 0 bridgehead atoms. The third-order valence-corrected chi connectivity index (χ3v) is 3.91. The molecular weight excluding hydrogens is 339 g/mol. The summed E-state index contributed by atoms with van der Waals surface area (Å²) in [5, 5.41) is 9.96. The molecule has 1 saturated heterocycles. The molecule has 3 rings (SSSR count). The molecule has 124 valence electrons. The lowest BCUT2D eigenvalue weighted by atomic mass is 10.1. The number of rotatable bonds is 2. The van der Waals surface area contributed by atoms with E-state index in [2.05, 4.69) is 4.98 Å². The molecule has 0 radical (unpaired) electrons. The Bertz CT molecular complexity index is 736. The number of amides is 1. The van der Waals surface area contributed by atoms with E-state index in [1.165, 1.54) is 0 Å². The monoisotopic (exact) mass is 356 g/mol. The maximum absolute atomic E-state index is 12.6. The van der Waals surface area contributed by atoms with Gasteiger partial charge in [-0.1, -0.05) is 18.2 Å². The van der Waals surface area contributed by atoms with Crippen molar-refractivity contribution in [2.45, 2.75) is 13.3 Å². The number of aryl methyl sites for hydroxylation is 1. The Morgan fingerprint density at radius 2 is 1.96 bits per heavy atom. The molecule has 1 aromatic carbocycles. The summed E-state index contributed by atoms with van der Waals surface area (Å²) >= 11 is 0. The standard InChI is InChI=1S/C16H16N2O3.2ClH/c1-10-5-6-11-3-2-4-13(14(11)17-10)15(19)18-8-7-12(9-18)16(20)21;;/h2-6,12H,7-9H2,1H3,(H,20,21);2*1H. The molecule has 1 N–H and O–H groups in total. The Kier molecular flexibility index (Phi) is 6.36. The number of halogens is 2. The SMILES string of the molecule is Cc1ccc2cccc(C(=O)N3CCC(C(=O)O)C3)c2n1.Cl.Cl. The van der Waals surface area contributed by atoms with Gasteiger partial charge in [-0.3, -0.25) is 14.6 Å². The van der Waals surface area contributed by atoms with Gasteiger partial charge in [-0.15, -0.1) is 24.8 Å². The molecule has 5 nitrogen and oxygen atoms in total. The molecule has 7 heteroatoms. The van der Waals surface area contributed by atoms with Crippen LogP contribution in [-0.2, 0) is 4.79 Å². The highest BCUT2D eigenvalue weighted by molar-refractivity contribution is 6.05. The van der Waals surface area contributed by atoms with Gasteiger partial charge in [0, 0.05) is 24.2 Å². The highest BCUT2D eigenvalue weighted by atomic mass is 35.5. The maximum atomic E-state index is 12.6. The number of likely N-dealkylation sites (tertiary alicyclic amines) is 1. The molecule has 1 aromatic heterocycles. The number of carbonyl (C=O) groups excluding carboxylic acids is 1. The number of aliphatic carboxylic acids is 1.